The minimum atomic E-state index is -2.98. The molecule has 2 aromatic rings. The maximum absolute atomic E-state index is 14.1. The summed E-state index contributed by atoms with van der Waals surface area (Å²) < 4.78 is 68.8. The van der Waals surface area contributed by atoms with Gasteiger partial charge in [-0.15, -0.1) is 0 Å². The van der Waals surface area contributed by atoms with Gasteiger partial charge in [0.25, 0.3) is 0 Å². The molecule has 0 fully saturated rings. The highest BCUT2D eigenvalue weighted by atomic mass is 35.5. The lowest BCUT2D eigenvalue weighted by Gasteiger charge is -2.15. The van der Waals surface area contributed by atoms with E-state index in [0.29, 0.717) is 0 Å². The summed E-state index contributed by atoms with van der Waals surface area (Å²) in [6.45, 7) is 2.42. The Morgan fingerprint density at radius 2 is 1.77 bits per heavy atom. The van der Waals surface area contributed by atoms with Crippen molar-refractivity contribution in [2.24, 2.45) is 0 Å². The number of benzene rings is 2. The lowest BCUT2D eigenvalue weighted by atomic mass is 10.2. The Kier molecular flexibility index (Phi) is 6.51. The van der Waals surface area contributed by atoms with Crippen molar-refractivity contribution >= 4 is 30.6 Å². The molecule has 0 N–H and O–H groups in total. The second kappa shape index (κ2) is 8.09. The Bertz CT molecular complexity index is 863. The van der Waals surface area contributed by atoms with Crippen molar-refractivity contribution in [3.05, 3.63) is 51.3 Å². The van der Waals surface area contributed by atoms with Gasteiger partial charge < -0.3 is 14.0 Å². The summed E-state index contributed by atoms with van der Waals surface area (Å²) >= 11 is 11.7. The van der Waals surface area contributed by atoms with E-state index in [1.807, 2.05) is 0 Å². The molecule has 2 rings (SSSR count). The highest BCUT2D eigenvalue weighted by Gasteiger charge is 2.24. The maximum atomic E-state index is 14.1. The first-order valence-electron chi connectivity index (χ1n) is 7.12. The van der Waals surface area contributed by atoms with E-state index in [1.165, 1.54) is 32.0 Å². The predicted octanol–water partition coefficient (Wildman–Crippen LogP) is 6.40. The Morgan fingerprint density at radius 1 is 1.12 bits per heavy atom. The van der Waals surface area contributed by atoms with Crippen LogP contribution >= 0.6 is 30.6 Å². The summed E-state index contributed by atoms with van der Waals surface area (Å²) in [7, 11) is -1.70. The quantitative estimate of drug-likeness (QED) is 0.394. The van der Waals surface area contributed by atoms with E-state index in [0.717, 1.165) is 6.92 Å². The topological polar surface area (TPSA) is 44.8 Å². The van der Waals surface area contributed by atoms with Crippen LogP contribution in [-0.4, -0.2) is 20.1 Å². The first-order valence-corrected chi connectivity index (χ1v) is 10.1. The van der Waals surface area contributed by atoms with Crippen molar-refractivity contribution < 1.29 is 31.7 Å². The van der Waals surface area contributed by atoms with Gasteiger partial charge >= 0.3 is 0 Å². The van der Waals surface area contributed by atoms with Crippen LogP contribution in [0.4, 0.5) is 13.2 Å². The molecule has 2 aromatic carbocycles. The number of halogens is 5. The average Bonchev–Trinajstić information content (AvgIpc) is 2.62. The lowest BCUT2D eigenvalue weighted by Crippen LogP contribution is -2.02. The fraction of sp³-hybridized carbons (Fsp3) is 0.250. The number of hydrogen-bond acceptors (Lipinski definition) is 4. The molecule has 10 heteroatoms. The van der Waals surface area contributed by atoms with Gasteiger partial charge in [-0.25, -0.2) is 8.78 Å². The highest BCUT2D eigenvalue weighted by molar-refractivity contribution is 7.57. The monoisotopic (exact) mass is 428 g/mol. The minimum absolute atomic E-state index is 0.0452. The fourth-order valence-corrected chi connectivity index (χ4v) is 2.74. The van der Waals surface area contributed by atoms with E-state index in [1.54, 1.807) is 0 Å². The van der Waals surface area contributed by atoms with Crippen molar-refractivity contribution in [3.8, 4) is 17.2 Å². The smallest absolute Gasteiger partial charge is 0.236 e. The third-order valence-corrected chi connectivity index (χ3v) is 5.43. The Labute approximate surface area is 158 Å². The van der Waals surface area contributed by atoms with Gasteiger partial charge in [0, 0.05) is 25.4 Å². The Hall–Kier alpha value is -1.40. The predicted molar refractivity (Wildman–Crippen MR) is 93.6 cm³/mol. The fourth-order valence-electron chi connectivity index (χ4n) is 1.83. The first kappa shape index (κ1) is 20.9. The molecule has 0 radical (unpaired) electrons. The molecule has 1 unspecified atom stereocenters. The summed E-state index contributed by atoms with van der Waals surface area (Å²) in [5.74, 6) is -4.75. The first-order chi connectivity index (χ1) is 12.1. The molecule has 0 bridgehead atoms. The standard InChI is InChI=1S/C16H14Cl2F3O4P/c1-8-13(19)12(18)16(15(21)14(8)20)25-9-4-5-10(17)11(6-9)24-7-26(3,22)23-2/h4-6H,7H2,1-3H3. The highest BCUT2D eigenvalue weighted by Crippen LogP contribution is 2.43. The van der Waals surface area contributed by atoms with Crippen molar-refractivity contribution in [1.82, 2.24) is 0 Å². The molecular weight excluding hydrogens is 415 g/mol. The zero-order valence-corrected chi connectivity index (χ0v) is 16.3. The molecule has 0 heterocycles. The SMILES string of the molecule is COP(C)(=O)COc1cc(Oc2c(F)c(F)c(C)c(F)c2Cl)ccc1Cl. The van der Waals surface area contributed by atoms with Gasteiger partial charge in [-0.05, 0) is 19.1 Å². The van der Waals surface area contributed by atoms with Gasteiger partial charge in [0.1, 0.15) is 16.5 Å². The van der Waals surface area contributed by atoms with Gasteiger partial charge in [0.2, 0.25) is 13.2 Å². The molecule has 26 heavy (non-hydrogen) atoms. The normalized spacial score (nSPS) is 13.4. The van der Waals surface area contributed by atoms with Gasteiger partial charge in [-0.1, -0.05) is 23.2 Å². The molecule has 0 spiro atoms. The second-order valence-corrected chi connectivity index (χ2v) is 8.81. The van der Waals surface area contributed by atoms with Crippen LogP contribution in [0, 0.1) is 24.4 Å². The molecule has 142 valence electrons. The van der Waals surface area contributed by atoms with E-state index in [9.17, 15) is 17.7 Å². The molecule has 1 atom stereocenters. The van der Waals surface area contributed by atoms with Crippen LogP contribution in [-0.2, 0) is 9.09 Å². The van der Waals surface area contributed by atoms with Crippen LogP contribution in [0.2, 0.25) is 10.0 Å². The minimum Gasteiger partial charge on any atom is -0.482 e. The molecule has 0 aliphatic heterocycles. The zero-order chi connectivity index (χ0) is 19.6. The summed E-state index contributed by atoms with van der Waals surface area (Å²) in [6.07, 6.45) is -0.268. The van der Waals surface area contributed by atoms with E-state index in [4.69, 9.17) is 37.2 Å². The average molecular weight is 429 g/mol. The summed E-state index contributed by atoms with van der Waals surface area (Å²) in [6, 6.07) is 3.91. The largest absolute Gasteiger partial charge is 0.482 e. The van der Waals surface area contributed by atoms with Crippen LogP contribution in [0.1, 0.15) is 5.56 Å². The van der Waals surface area contributed by atoms with Crippen LogP contribution in [0.5, 0.6) is 17.2 Å². The molecule has 0 saturated heterocycles. The zero-order valence-electron chi connectivity index (χ0n) is 13.9. The molecule has 0 aliphatic rings. The van der Waals surface area contributed by atoms with Gasteiger partial charge in [0.05, 0.1) is 5.02 Å². The summed E-state index contributed by atoms with van der Waals surface area (Å²) in [4.78, 5) is 0. The summed E-state index contributed by atoms with van der Waals surface area (Å²) in [5.41, 5.74) is -0.557. The molecule has 0 aromatic heterocycles. The number of hydrogen-bond donors (Lipinski definition) is 0. The van der Waals surface area contributed by atoms with Crippen LogP contribution in [0.25, 0.3) is 0 Å². The van der Waals surface area contributed by atoms with Crippen LogP contribution in [0.3, 0.4) is 0 Å². The second-order valence-electron chi connectivity index (χ2n) is 5.37. The van der Waals surface area contributed by atoms with Crippen LogP contribution in [0.15, 0.2) is 18.2 Å². The van der Waals surface area contributed by atoms with Gasteiger partial charge in [-0.3, -0.25) is 4.57 Å². The van der Waals surface area contributed by atoms with Crippen molar-refractivity contribution in [2.45, 2.75) is 6.92 Å². The Balaban J connectivity index is 2.35. The number of rotatable bonds is 6. The van der Waals surface area contributed by atoms with Crippen LogP contribution < -0.4 is 9.47 Å². The third-order valence-electron chi connectivity index (χ3n) is 3.41. The van der Waals surface area contributed by atoms with Crippen molar-refractivity contribution in [3.63, 3.8) is 0 Å². The molecule has 0 saturated carbocycles. The van der Waals surface area contributed by atoms with E-state index >= 15 is 0 Å². The molecule has 0 amide bonds. The molecule has 0 aliphatic carbocycles. The Morgan fingerprint density at radius 3 is 2.38 bits per heavy atom. The maximum Gasteiger partial charge on any atom is 0.236 e. The molecular formula is C16H14Cl2F3O4P. The lowest BCUT2D eigenvalue weighted by molar-refractivity contribution is 0.326. The third kappa shape index (κ3) is 4.46. The van der Waals surface area contributed by atoms with E-state index in [2.05, 4.69) is 0 Å². The van der Waals surface area contributed by atoms with Crippen molar-refractivity contribution in [2.75, 3.05) is 20.1 Å². The van der Waals surface area contributed by atoms with Crippen molar-refractivity contribution in [1.29, 1.82) is 0 Å². The van der Waals surface area contributed by atoms with Gasteiger partial charge in [0.15, 0.2) is 23.7 Å². The summed E-state index contributed by atoms with van der Waals surface area (Å²) in [5, 5.41) is -0.544. The van der Waals surface area contributed by atoms with E-state index < -0.39 is 41.2 Å². The number of ether oxygens (including phenoxy) is 2. The van der Waals surface area contributed by atoms with E-state index in [-0.39, 0.29) is 22.9 Å². The molecule has 4 nitrogen and oxygen atoms in total. The van der Waals surface area contributed by atoms with Gasteiger partial charge in [-0.2, -0.15) is 4.39 Å².